The summed E-state index contributed by atoms with van der Waals surface area (Å²) in [7, 11) is 0. The molecule has 3 nitrogen and oxygen atoms in total. The molecular formula is C11H15N3. The van der Waals surface area contributed by atoms with E-state index in [0.717, 1.165) is 23.8 Å². The first kappa shape index (κ1) is 10.5. The summed E-state index contributed by atoms with van der Waals surface area (Å²) in [5, 5.41) is 3.12. The highest BCUT2D eigenvalue weighted by Crippen LogP contribution is 2.08. The molecule has 0 saturated carbocycles. The average molecular weight is 189 g/mol. The standard InChI is InChI=1S/C11H15N3/c1-5-8(3)12-11-7-10(6-2)13-9(4)14-11/h1,7-8H,6H2,2-4H3,(H,12,13,14). The van der Waals surface area contributed by atoms with Gasteiger partial charge in [0.2, 0.25) is 0 Å². The lowest BCUT2D eigenvalue weighted by molar-refractivity contribution is 0.928. The Morgan fingerprint density at radius 2 is 2.29 bits per heavy atom. The first-order valence-corrected chi connectivity index (χ1v) is 4.73. The number of aryl methyl sites for hydroxylation is 2. The van der Waals surface area contributed by atoms with Gasteiger partial charge in [0.15, 0.2) is 0 Å². The first-order valence-electron chi connectivity index (χ1n) is 4.73. The van der Waals surface area contributed by atoms with Crippen molar-refractivity contribution in [2.24, 2.45) is 0 Å². The average Bonchev–Trinajstić information content (AvgIpc) is 2.16. The molecule has 0 radical (unpaired) electrons. The quantitative estimate of drug-likeness (QED) is 0.736. The molecule has 0 aromatic carbocycles. The molecule has 1 aromatic heterocycles. The van der Waals surface area contributed by atoms with E-state index >= 15 is 0 Å². The van der Waals surface area contributed by atoms with Gasteiger partial charge < -0.3 is 5.32 Å². The molecule has 74 valence electrons. The van der Waals surface area contributed by atoms with Crippen molar-refractivity contribution in [2.45, 2.75) is 33.2 Å². The first-order chi connectivity index (χ1) is 6.65. The maximum absolute atomic E-state index is 5.27. The number of terminal acetylenes is 1. The zero-order valence-corrected chi connectivity index (χ0v) is 8.83. The van der Waals surface area contributed by atoms with Crippen LogP contribution < -0.4 is 5.32 Å². The van der Waals surface area contributed by atoms with Crippen molar-refractivity contribution in [2.75, 3.05) is 5.32 Å². The molecule has 0 saturated heterocycles. The highest BCUT2D eigenvalue weighted by Gasteiger charge is 2.02. The summed E-state index contributed by atoms with van der Waals surface area (Å²) in [6.07, 6.45) is 6.18. The minimum atomic E-state index is -0.00555. The molecule has 14 heavy (non-hydrogen) atoms. The fraction of sp³-hybridized carbons (Fsp3) is 0.455. The molecule has 0 aliphatic carbocycles. The van der Waals surface area contributed by atoms with E-state index in [2.05, 4.69) is 28.1 Å². The minimum absolute atomic E-state index is 0.00555. The molecule has 0 spiro atoms. The topological polar surface area (TPSA) is 37.8 Å². The van der Waals surface area contributed by atoms with Gasteiger partial charge in [-0.1, -0.05) is 12.8 Å². The molecule has 3 heteroatoms. The molecule has 0 aliphatic rings. The van der Waals surface area contributed by atoms with E-state index in [1.807, 2.05) is 19.9 Å². The molecule has 0 aliphatic heterocycles. The second-order valence-electron chi connectivity index (χ2n) is 3.18. The van der Waals surface area contributed by atoms with Crippen molar-refractivity contribution < 1.29 is 0 Å². The number of hydrogen-bond acceptors (Lipinski definition) is 3. The van der Waals surface area contributed by atoms with Crippen molar-refractivity contribution in [1.82, 2.24) is 9.97 Å². The van der Waals surface area contributed by atoms with Gasteiger partial charge in [0.25, 0.3) is 0 Å². The lowest BCUT2D eigenvalue weighted by Crippen LogP contribution is -2.14. The summed E-state index contributed by atoms with van der Waals surface area (Å²) in [5.74, 6) is 4.18. The Morgan fingerprint density at radius 1 is 1.57 bits per heavy atom. The van der Waals surface area contributed by atoms with E-state index < -0.39 is 0 Å². The third-order valence-corrected chi connectivity index (χ3v) is 1.87. The maximum Gasteiger partial charge on any atom is 0.130 e. The lowest BCUT2D eigenvalue weighted by atomic mass is 10.3. The number of aromatic nitrogens is 2. The second-order valence-corrected chi connectivity index (χ2v) is 3.18. The Hall–Kier alpha value is -1.56. The highest BCUT2D eigenvalue weighted by atomic mass is 15.0. The van der Waals surface area contributed by atoms with Crippen molar-refractivity contribution >= 4 is 5.82 Å². The third-order valence-electron chi connectivity index (χ3n) is 1.87. The van der Waals surface area contributed by atoms with E-state index in [-0.39, 0.29) is 6.04 Å². The number of nitrogens with one attached hydrogen (secondary N) is 1. The van der Waals surface area contributed by atoms with Crippen LogP contribution in [0.15, 0.2) is 6.07 Å². The Bertz CT molecular complexity index is 352. The molecule has 1 N–H and O–H groups in total. The van der Waals surface area contributed by atoms with Crippen LogP contribution in [-0.2, 0) is 6.42 Å². The Labute approximate surface area is 85.0 Å². The Kier molecular flexibility index (Phi) is 3.47. The molecule has 1 atom stereocenters. The largest absolute Gasteiger partial charge is 0.357 e. The summed E-state index contributed by atoms with van der Waals surface area (Å²) >= 11 is 0. The van der Waals surface area contributed by atoms with Crippen LogP contribution in [0.4, 0.5) is 5.82 Å². The summed E-state index contributed by atoms with van der Waals surface area (Å²) in [4.78, 5) is 8.53. The van der Waals surface area contributed by atoms with Gasteiger partial charge in [-0.25, -0.2) is 9.97 Å². The number of nitrogens with zero attached hydrogens (tertiary/aromatic N) is 2. The second kappa shape index (κ2) is 4.61. The fourth-order valence-electron chi connectivity index (χ4n) is 1.15. The van der Waals surface area contributed by atoms with E-state index in [9.17, 15) is 0 Å². The van der Waals surface area contributed by atoms with Gasteiger partial charge in [-0.3, -0.25) is 0 Å². The highest BCUT2D eigenvalue weighted by molar-refractivity contribution is 5.38. The lowest BCUT2D eigenvalue weighted by Gasteiger charge is -2.09. The van der Waals surface area contributed by atoms with Crippen molar-refractivity contribution in [3.05, 3.63) is 17.6 Å². The van der Waals surface area contributed by atoms with Crippen LogP contribution in [0.3, 0.4) is 0 Å². The Morgan fingerprint density at radius 3 is 2.86 bits per heavy atom. The normalized spacial score (nSPS) is 11.9. The third kappa shape index (κ3) is 2.74. The van der Waals surface area contributed by atoms with Crippen LogP contribution in [0.5, 0.6) is 0 Å². The zero-order chi connectivity index (χ0) is 10.6. The van der Waals surface area contributed by atoms with Gasteiger partial charge in [0, 0.05) is 11.8 Å². The van der Waals surface area contributed by atoms with Gasteiger partial charge in [-0.15, -0.1) is 6.42 Å². The van der Waals surface area contributed by atoms with Crippen molar-refractivity contribution in [3.63, 3.8) is 0 Å². The predicted octanol–water partition coefficient (Wildman–Crippen LogP) is 1.78. The number of hydrogen-bond donors (Lipinski definition) is 1. The predicted molar refractivity (Wildman–Crippen MR) is 58.1 cm³/mol. The summed E-state index contributed by atoms with van der Waals surface area (Å²) in [6.45, 7) is 5.87. The van der Waals surface area contributed by atoms with Gasteiger partial charge >= 0.3 is 0 Å². The van der Waals surface area contributed by atoms with Crippen molar-refractivity contribution in [3.8, 4) is 12.3 Å². The molecule has 1 rings (SSSR count). The fourth-order valence-corrected chi connectivity index (χ4v) is 1.15. The van der Waals surface area contributed by atoms with E-state index in [1.54, 1.807) is 0 Å². The van der Waals surface area contributed by atoms with Crippen LogP contribution in [-0.4, -0.2) is 16.0 Å². The number of rotatable bonds is 3. The smallest absolute Gasteiger partial charge is 0.130 e. The summed E-state index contributed by atoms with van der Waals surface area (Å²) in [6, 6.07) is 1.93. The SMILES string of the molecule is C#CC(C)Nc1cc(CC)nc(C)n1. The maximum atomic E-state index is 5.27. The van der Waals surface area contributed by atoms with Crippen LogP contribution in [0.1, 0.15) is 25.4 Å². The van der Waals surface area contributed by atoms with Crippen LogP contribution in [0.25, 0.3) is 0 Å². The van der Waals surface area contributed by atoms with Crippen LogP contribution >= 0.6 is 0 Å². The van der Waals surface area contributed by atoms with Crippen LogP contribution in [0.2, 0.25) is 0 Å². The Balaban J connectivity index is 2.87. The molecule has 1 unspecified atom stereocenters. The van der Waals surface area contributed by atoms with Gasteiger partial charge in [0.05, 0.1) is 6.04 Å². The monoisotopic (exact) mass is 189 g/mol. The molecule has 0 bridgehead atoms. The van der Waals surface area contributed by atoms with E-state index in [0.29, 0.717) is 0 Å². The number of anilines is 1. The molecule has 1 heterocycles. The van der Waals surface area contributed by atoms with Gasteiger partial charge in [-0.05, 0) is 20.3 Å². The minimum Gasteiger partial charge on any atom is -0.357 e. The summed E-state index contributed by atoms with van der Waals surface area (Å²) < 4.78 is 0. The van der Waals surface area contributed by atoms with Gasteiger partial charge in [0.1, 0.15) is 11.6 Å². The van der Waals surface area contributed by atoms with Crippen LogP contribution in [0, 0.1) is 19.3 Å². The van der Waals surface area contributed by atoms with Gasteiger partial charge in [-0.2, -0.15) is 0 Å². The zero-order valence-electron chi connectivity index (χ0n) is 8.83. The summed E-state index contributed by atoms with van der Waals surface area (Å²) in [5.41, 5.74) is 1.03. The molecular weight excluding hydrogens is 174 g/mol. The van der Waals surface area contributed by atoms with Crippen molar-refractivity contribution in [1.29, 1.82) is 0 Å². The van der Waals surface area contributed by atoms with E-state index in [4.69, 9.17) is 6.42 Å². The van der Waals surface area contributed by atoms with E-state index in [1.165, 1.54) is 0 Å². The molecule has 1 aromatic rings. The molecule has 0 amide bonds. The molecule has 0 fully saturated rings.